The first-order valence-corrected chi connectivity index (χ1v) is 7.87. The first-order valence-electron chi connectivity index (χ1n) is 7.87. The van der Waals surface area contributed by atoms with Crippen LogP contribution in [0.2, 0.25) is 0 Å². The van der Waals surface area contributed by atoms with Crippen LogP contribution in [-0.2, 0) is 19.2 Å². The highest BCUT2D eigenvalue weighted by atomic mass is 16.4. The number of nitrogens with one attached hydrogen (secondary N) is 2. The molecule has 0 aromatic rings. The molecule has 0 saturated heterocycles. The highest BCUT2D eigenvalue weighted by molar-refractivity contribution is 5.89. The second-order valence-electron chi connectivity index (χ2n) is 5.96. The zero-order valence-electron chi connectivity index (χ0n) is 14.2. The number of carbonyl (C=O) groups is 4. The van der Waals surface area contributed by atoms with Crippen LogP contribution in [-0.4, -0.2) is 52.6 Å². The molecule has 0 aliphatic rings. The normalized spacial score (nSPS) is 14.5. The number of aliphatic carboxylic acids is 2. The third-order valence-electron chi connectivity index (χ3n) is 3.77. The van der Waals surface area contributed by atoms with Gasteiger partial charge in [-0.05, 0) is 18.3 Å². The molecule has 0 rings (SSSR count). The minimum absolute atomic E-state index is 0.0525. The number of carboxylic acid groups (broad SMARTS) is 2. The molecular formula is C15H27N3O6. The van der Waals surface area contributed by atoms with Crippen molar-refractivity contribution in [2.45, 2.75) is 52.1 Å². The lowest BCUT2D eigenvalue weighted by molar-refractivity contribution is -0.139. The zero-order chi connectivity index (χ0) is 18.9. The molecular weight excluding hydrogens is 318 g/mol. The molecule has 1 unspecified atom stereocenters. The van der Waals surface area contributed by atoms with E-state index in [1.807, 2.05) is 20.8 Å². The van der Waals surface area contributed by atoms with Gasteiger partial charge in [-0.1, -0.05) is 27.2 Å². The molecule has 24 heavy (non-hydrogen) atoms. The Balaban J connectivity index is 4.92. The number of nitrogens with two attached hydrogens (primary N) is 1. The van der Waals surface area contributed by atoms with Crippen LogP contribution in [0.5, 0.6) is 0 Å². The summed E-state index contributed by atoms with van der Waals surface area (Å²) in [5, 5.41) is 22.2. The van der Waals surface area contributed by atoms with Crippen molar-refractivity contribution in [3.8, 4) is 0 Å². The van der Waals surface area contributed by atoms with Crippen molar-refractivity contribution >= 4 is 23.8 Å². The van der Waals surface area contributed by atoms with Gasteiger partial charge in [0.1, 0.15) is 18.6 Å². The SMILES string of the molecule is CCC(C(C)C)[C@H](NC(=O)CC[C@H](N)C(=O)O)C(=O)NCC(=O)O. The van der Waals surface area contributed by atoms with Crippen LogP contribution in [0.4, 0.5) is 0 Å². The fourth-order valence-corrected chi connectivity index (χ4v) is 2.39. The largest absolute Gasteiger partial charge is 0.480 e. The lowest BCUT2D eigenvalue weighted by Crippen LogP contribution is -2.53. The Bertz CT molecular complexity index is 466. The molecule has 0 spiro atoms. The summed E-state index contributed by atoms with van der Waals surface area (Å²) in [6.45, 7) is 5.13. The second-order valence-corrected chi connectivity index (χ2v) is 5.96. The maximum atomic E-state index is 12.2. The van der Waals surface area contributed by atoms with Gasteiger partial charge in [0.2, 0.25) is 11.8 Å². The molecule has 0 aromatic heterocycles. The molecule has 6 N–H and O–H groups in total. The van der Waals surface area contributed by atoms with Crippen LogP contribution >= 0.6 is 0 Å². The Labute approximate surface area is 141 Å². The van der Waals surface area contributed by atoms with Crippen LogP contribution in [0.1, 0.15) is 40.0 Å². The van der Waals surface area contributed by atoms with Crippen LogP contribution in [0.3, 0.4) is 0 Å². The standard InChI is InChI=1S/C15H27N3O6/c1-4-9(8(2)3)13(14(22)17-7-12(20)21)18-11(19)6-5-10(16)15(23)24/h8-10,13H,4-7,16H2,1-3H3,(H,17,22)(H,18,19)(H,20,21)(H,23,24)/t9?,10-,13-/m0/s1. The van der Waals surface area contributed by atoms with Crippen molar-refractivity contribution in [2.75, 3.05) is 6.54 Å². The number of rotatable bonds is 11. The zero-order valence-corrected chi connectivity index (χ0v) is 14.2. The van der Waals surface area contributed by atoms with Crippen molar-refractivity contribution in [1.82, 2.24) is 10.6 Å². The predicted molar refractivity (Wildman–Crippen MR) is 86.0 cm³/mol. The topological polar surface area (TPSA) is 159 Å². The van der Waals surface area contributed by atoms with Crippen molar-refractivity contribution in [2.24, 2.45) is 17.6 Å². The predicted octanol–water partition coefficient (Wildman–Crippen LogP) is -0.454. The highest BCUT2D eigenvalue weighted by Gasteiger charge is 2.31. The van der Waals surface area contributed by atoms with Gasteiger partial charge in [0, 0.05) is 6.42 Å². The Morgan fingerprint density at radius 2 is 1.71 bits per heavy atom. The quantitative estimate of drug-likeness (QED) is 0.339. The van der Waals surface area contributed by atoms with Gasteiger partial charge in [0.25, 0.3) is 0 Å². The molecule has 0 aromatic carbocycles. The van der Waals surface area contributed by atoms with E-state index in [1.165, 1.54) is 0 Å². The summed E-state index contributed by atoms with van der Waals surface area (Å²) in [4.78, 5) is 45.5. The van der Waals surface area contributed by atoms with E-state index in [2.05, 4.69) is 10.6 Å². The van der Waals surface area contributed by atoms with Gasteiger partial charge in [-0.25, -0.2) is 0 Å². The first kappa shape index (κ1) is 21.8. The van der Waals surface area contributed by atoms with E-state index in [0.29, 0.717) is 6.42 Å². The van der Waals surface area contributed by atoms with Crippen molar-refractivity contribution in [3.05, 3.63) is 0 Å². The Kier molecular flexibility index (Phi) is 9.63. The molecule has 3 atom stereocenters. The van der Waals surface area contributed by atoms with Gasteiger partial charge in [-0.3, -0.25) is 19.2 Å². The summed E-state index contributed by atoms with van der Waals surface area (Å²) < 4.78 is 0. The molecule has 2 amide bonds. The van der Waals surface area contributed by atoms with Crippen LogP contribution in [0.25, 0.3) is 0 Å². The number of carbonyl (C=O) groups excluding carboxylic acids is 2. The van der Waals surface area contributed by atoms with E-state index >= 15 is 0 Å². The summed E-state index contributed by atoms with van der Waals surface area (Å²) in [6.07, 6.45) is 0.422. The maximum Gasteiger partial charge on any atom is 0.322 e. The monoisotopic (exact) mass is 345 g/mol. The van der Waals surface area contributed by atoms with Gasteiger partial charge in [0.05, 0.1) is 0 Å². The van der Waals surface area contributed by atoms with Crippen molar-refractivity contribution in [3.63, 3.8) is 0 Å². The molecule has 138 valence electrons. The number of amides is 2. The molecule has 0 aliphatic carbocycles. The van der Waals surface area contributed by atoms with Gasteiger partial charge in [-0.15, -0.1) is 0 Å². The highest BCUT2D eigenvalue weighted by Crippen LogP contribution is 2.20. The van der Waals surface area contributed by atoms with Gasteiger partial charge in [0.15, 0.2) is 0 Å². The lowest BCUT2D eigenvalue weighted by atomic mass is 9.85. The third kappa shape index (κ3) is 7.91. The maximum absolute atomic E-state index is 12.2. The summed E-state index contributed by atoms with van der Waals surface area (Å²) in [6, 6.07) is -2.04. The molecule has 9 nitrogen and oxygen atoms in total. The molecule has 9 heteroatoms. The average molecular weight is 345 g/mol. The second kappa shape index (κ2) is 10.6. The minimum Gasteiger partial charge on any atom is -0.480 e. The smallest absolute Gasteiger partial charge is 0.322 e. The number of hydrogen-bond acceptors (Lipinski definition) is 5. The summed E-state index contributed by atoms with van der Waals surface area (Å²) in [7, 11) is 0. The van der Waals surface area contributed by atoms with Crippen LogP contribution < -0.4 is 16.4 Å². The van der Waals surface area contributed by atoms with E-state index in [-0.39, 0.29) is 24.7 Å². The molecule has 0 saturated carbocycles. The lowest BCUT2D eigenvalue weighted by Gasteiger charge is -2.29. The van der Waals surface area contributed by atoms with E-state index in [0.717, 1.165) is 0 Å². The van der Waals surface area contributed by atoms with Crippen LogP contribution in [0, 0.1) is 11.8 Å². The number of hydrogen-bond donors (Lipinski definition) is 5. The molecule has 0 radical (unpaired) electrons. The minimum atomic E-state index is -1.20. The van der Waals surface area contributed by atoms with Crippen molar-refractivity contribution < 1.29 is 29.4 Å². The Morgan fingerprint density at radius 3 is 2.12 bits per heavy atom. The molecule has 0 aliphatic heterocycles. The van der Waals surface area contributed by atoms with Crippen LogP contribution in [0.15, 0.2) is 0 Å². The van der Waals surface area contributed by atoms with E-state index in [1.54, 1.807) is 0 Å². The van der Waals surface area contributed by atoms with E-state index in [4.69, 9.17) is 15.9 Å². The first-order chi connectivity index (χ1) is 11.1. The van der Waals surface area contributed by atoms with Gasteiger partial charge < -0.3 is 26.6 Å². The number of carboxylic acids is 2. The van der Waals surface area contributed by atoms with Gasteiger partial charge in [-0.2, -0.15) is 0 Å². The molecule has 0 fully saturated rings. The summed E-state index contributed by atoms with van der Waals surface area (Å²) >= 11 is 0. The fourth-order valence-electron chi connectivity index (χ4n) is 2.39. The Hall–Kier alpha value is -2.16. The Morgan fingerprint density at radius 1 is 1.12 bits per heavy atom. The van der Waals surface area contributed by atoms with E-state index in [9.17, 15) is 19.2 Å². The summed E-state index contributed by atoms with van der Waals surface area (Å²) in [5.41, 5.74) is 5.35. The fraction of sp³-hybridized carbons (Fsp3) is 0.733. The molecule has 0 bridgehead atoms. The molecule has 0 heterocycles. The van der Waals surface area contributed by atoms with Gasteiger partial charge >= 0.3 is 11.9 Å². The van der Waals surface area contributed by atoms with Crippen molar-refractivity contribution in [1.29, 1.82) is 0 Å². The summed E-state index contributed by atoms with van der Waals surface area (Å²) in [5.74, 6) is -3.56. The third-order valence-corrected chi connectivity index (χ3v) is 3.77. The average Bonchev–Trinajstić information content (AvgIpc) is 2.49. The van der Waals surface area contributed by atoms with E-state index < -0.39 is 42.4 Å².